The standard InChI is InChI=1S/C23H21Cl2N3O2/c1-4-30-20-8-6-5-7-19(20)28-23(29)21-14(3)27-13(2)17(12-26)22(21)16-10-9-15(24)11-18(16)25/h5-11,22,27H,4H2,1-3H3,(H,28,29). The van der Waals surface area contributed by atoms with Crippen LogP contribution in [-0.4, -0.2) is 12.5 Å². The van der Waals surface area contributed by atoms with Crippen molar-refractivity contribution in [2.45, 2.75) is 26.7 Å². The van der Waals surface area contributed by atoms with Crippen LogP contribution in [-0.2, 0) is 4.79 Å². The van der Waals surface area contributed by atoms with E-state index in [2.05, 4.69) is 16.7 Å². The van der Waals surface area contributed by atoms with Crippen LogP contribution in [0.5, 0.6) is 5.75 Å². The number of allylic oxidation sites excluding steroid dienone is 3. The molecule has 1 unspecified atom stereocenters. The van der Waals surface area contributed by atoms with E-state index in [1.165, 1.54) is 0 Å². The monoisotopic (exact) mass is 441 g/mol. The maximum Gasteiger partial charge on any atom is 0.254 e. The summed E-state index contributed by atoms with van der Waals surface area (Å²) in [5.41, 5.74) is 3.35. The summed E-state index contributed by atoms with van der Waals surface area (Å²) in [6.45, 7) is 5.96. The highest BCUT2D eigenvalue weighted by Crippen LogP contribution is 2.42. The summed E-state index contributed by atoms with van der Waals surface area (Å²) < 4.78 is 5.61. The lowest BCUT2D eigenvalue weighted by Crippen LogP contribution is -2.30. The van der Waals surface area contributed by atoms with Gasteiger partial charge in [0.2, 0.25) is 0 Å². The van der Waals surface area contributed by atoms with Crippen LogP contribution in [0.1, 0.15) is 32.3 Å². The number of nitrogens with zero attached hydrogens (tertiary/aromatic N) is 1. The predicted molar refractivity (Wildman–Crippen MR) is 120 cm³/mol. The van der Waals surface area contributed by atoms with E-state index in [4.69, 9.17) is 27.9 Å². The largest absolute Gasteiger partial charge is 0.492 e. The van der Waals surface area contributed by atoms with Crippen LogP contribution in [0, 0.1) is 11.3 Å². The van der Waals surface area contributed by atoms with E-state index < -0.39 is 5.92 Å². The third-order valence-electron chi connectivity index (χ3n) is 4.83. The Morgan fingerprint density at radius 3 is 2.60 bits per heavy atom. The van der Waals surface area contributed by atoms with Crippen LogP contribution in [0.4, 0.5) is 5.69 Å². The zero-order valence-electron chi connectivity index (χ0n) is 16.8. The fourth-order valence-corrected chi connectivity index (χ4v) is 4.05. The molecular formula is C23H21Cl2N3O2. The van der Waals surface area contributed by atoms with E-state index in [1.54, 1.807) is 44.2 Å². The van der Waals surface area contributed by atoms with E-state index in [9.17, 15) is 10.1 Å². The van der Waals surface area contributed by atoms with Crippen LogP contribution in [0.3, 0.4) is 0 Å². The minimum atomic E-state index is -0.625. The molecule has 1 atom stereocenters. The lowest BCUT2D eigenvalue weighted by Gasteiger charge is -2.29. The third-order valence-corrected chi connectivity index (χ3v) is 5.40. The molecule has 7 heteroatoms. The van der Waals surface area contributed by atoms with E-state index in [0.717, 1.165) is 0 Å². The number of ether oxygens (including phenoxy) is 1. The Bertz CT molecular complexity index is 1100. The summed E-state index contributed by atoms with van der Waals surface area (Å²) in [6, 6.07) is 14.5. The SMILES string of the molecule is CCOc1ccccc1NC(=O)C1=C(C)NC(C)=C(C#N)C1c1ccc(Cl)cc1Cl. The summed E-state index contributed by atoms with van der Waals surface area (Å²) in [5, 5.41) is 16.8. The first-order valence-electron chi connectivity index (χ1n) is 9.44. The van der Waals surface area contributed by atoms with Crippen LogP contribution in [0.2, 0.25) is 10.0 Å². The number of para-hydroxylation sites is 2. The van der Waals surface area contributed by atoms with Crippen molar-refractivity contribution in [2.75, 3.05) is 11.9 Å². The van der Waals surface area contributed by atoms with E-state index in [0.29, 0.717) is 56.2 Å². The molecule has 0 aliphatic carbocycles. The number of anilines is 1. The van der Waals surface area contributed by atoms with Crippen molar-refractivity contribution in [2.24, 2.45) is 0 Å². The molecule has 0 radical (unpaired) electrons. The minimum absolute atomic E-state index is 0.344. The number of carbonyl (C=O) groups is 1. The first-order valence-corrected chi connectivity index (χ1v) is 10.2. The summed E-state index contributed by atoms with van der Waals surface area (Å²) in [7, 11) is 0. The number of benzene rings is 2. The van der Waals surface area contributed by atoms with Gasteiger partial charge in [-0.1, -0.05) is 41.4 Å². The average molecular weight is 442 g/mol. The molecule has 0 aromatic heterocycles. The number of hydrogen-bond acceptors (Lipinski definition) is 4. The Hall–Kier alpha value is -2.94. The van der Waals surface area contributed by atoms with Crippen LogP contribution in [0.15, 0.2) is 65.0 Å². The van der Waals surface area contributed by atoms with Gasteiger partial charge in [0.15, 0.2) is 0 Å². The fourth-order valence-electron chi connectivity index (χ4n) is 3.53. The summed E-state index contributed by atoms with van der Waals surface area (Å²) >= 11 is 12.5. The fraction of sp³-hybridized carbons (Fsp3) is 0.217. The van der Waals surface area contributed by atoms with Crippen molar-refractivity contribution in [1.29, 1.82) is 5.26 Å². The van der Waals surface area contributed by atoms with Crippen molar-refractivity contribution in [3.05, 3.63) is 80.6 Å². The molecule has 2 N–H and O–H groups in total. The second-order valence-corrected chi connectivity index (χ2v) is 7.64. The highest BCUT2D eigenvalue weighted by molar-refractivity contribution is 6.35. The molecule has 0 saturated carbocycles. The second kappa shape index (κ2) is 9.25. The number of nitriles is 1. The van der Waals surface area contributed by atoms with Gasteiger partial charge in [-0.2, -0.15) is 5.26 Å². The van der Waals surface area contributed by atoms with Gasteiger partial charge >= 0.3 is 0 Å². The first-order chi connectivity index (χ1) is 14.4. The van der Waals surface area contributed by atoms with Crippen molar-refractivity contribution in [3.8, 4) is 11.8 Å². The molecule has 30 heavy (non-hydrogen) atoms. The number of hydrogen-bond donors (Lipinski definition) is 2. The smallest absolute Gasteiger partial charge is 0.254 e. The number of amides is 1. The number of carbonyl (C=O) groups excluding carboxylic acids is 1. The predicted octanol–water partition coefficient (Wildman–Crippen LogP) is 5.79. The Morgan fingerprint density at radius 1 is 1.20 bits per heavy atom. The topological polar surface area (TPSA) is 74.2 Å². The van der Waals surface area contributed by atoms with Gasteiger partial charge in [0.25, 0.3) is 5.91 Å². The van der Waals surface area contributed by atoms with Gasteiger partial charge in [0.1, 0.15) is 5.75 Å². The van der Waals surface area contributed by atoms with Gasteiger partial charge in [0, 0.05) is 27.0 Å². The Balaban J connectivity index is 2.08. The molecule has 0 bridgehead atoms. The molecule has 5 nitrogen and oxygen atoms in total. The van der Waals surface area contributed by atoms with Crippen molar-refractivity contribution in [1.82, 2.24) is 5.32 Å². The number of rotatable bonds is 5. The summed E-state index contributed by atoms with van der Waals surface area (Å²) in [5.74, 6) is -0.396. The van der Waals surface area contributed by atoms with Gasteiger partial charge in [-0.25, -0.2) is 0 Å². The highest BCUT2D eigenvalue weighted by atomic mass is 35.5. The molecule has 1 aliphatic rings. The maximum absolute atomic E-state index is 13.4. The van der Waals surface area contributed by atoms with Gasteiger partial charge < -0.3 is 15.4 Å². The van der Waals surface area contributed by atoms with Gasteiger partial charge in [-0.3, -0.25) is 4.79 Å². The Morgan fingerprint density at radius 2 is 1.93 bits per heavy atom. The van der Waals surface area contributed by atoms with Gasteiger partial charge in [0.05, 0.1) is 29.9 Å². The maximum atomic E-state index is 13.4. The Kier molecular flexibility index (Phi) is 6.71. The van der Waals surface area contributed by atoms with Crippen LogP contribution < -0.4 is 15.4 Å². The quantitative estimate of drug-likeness (QED) is 0.615. The van der Waals surface area contributed by atoms with Crippen LogP contribution in [0.25, 0.3) is 0 Å². The molecule has 3 rings (SSSR count). The lowest BCUT2D eigenvalue weighted by molar-refractivity contribution is -0.113. The molecule has 1 amide bonds. The lowest BCUT2D eigenvalue weighted by atomic mass is 9.80. The zero-order chi connectivity index (χ0) is 21.8. The Labute approximate surface area is 185 Å². The van der Waals surface area contributed by atoms with Crippen molar-refractivity contribution in [3.63, 3.8) is 0 Å². The minimum Gasteiger partial charge on any atom is -0.492 e. The molecule has 1 heterocycles. The van der Waals surface area contributed by atoms with Crippen molar-refractivity contribution >= 4 is 34.8 Å². The highest BCUT2D eigenvalue weighted by Gasteiger charge is 2.34. The van der Waals surface area contributed by atoms with E-state index in [-0.39, 0.29) is 5.91 Å². The third kappa shape index (κ3) is 4.30. The summed E-state index contributed by atoms with van der Waals surface area (Å²) in [6.07, 6.45) is 0. The number of dihydropyridines is 1. The van der Waals surface area contributed by atoms with E-state index >= 15 is 0 Å². The molecule has 154 valence electrons. The molecule has 2 aromatic rings. The second-order valence-electron chi connectivity index (χ2n) is 6.80. The summed E-state index contributed by atoms with van der Waals surface area (Å²) in [4.78, 5) is 13.4. The normalized spacial score (nSPS) is 16.1. The van der Waals surface area contributed by atoms with Crippen molar-refractivity contribution < 1.29 is 9.53 Å². The molecule has 0 spiro atoms. The zero-order valence-corrected chi connectivity index (χ0v) is 18.4. The number of halogens is 2. The molecular weight excluding hydrogens is 421 g/mol. The molecule has 0 fully saturated rings. The van der Waals surface area contributed by atoms with E-state index in [1.807, 2.05) is 19.1 Å². The molecule has 1 aliphatic heterocycles. The molecule has 0 saturated heterocycles. The first kappa shape index (κ1) is 21.8. The van der Waals surface area contributed by atoms with Gasteiger partial charge in [-0.05, 0) is 50.6 Å². The molecule has 2 aromatic carbocycles. The van der Waals surface area contributed by atoms with Gasteiger partial charge in [-0.15, -0.1) is 0 Å². The van der Waals surface area contributed by atoms with Crippen LogP contribution >= 0.6 is 23.2 Å². The number of nitrogens with one attached hydrogen (secondary N) is 2. The average Bonchev–Trinajstić information content (AvgIpc) is 2.69.